The molecule has 10 nitrogen and oxygen atoms in total. The van der Waals surface area contributed by atoms with Gasteiger partial charge in [-0.1, -0.05) is 50.9 Å². The minimum Gasteiger partial charge on any atom is -0.462 e. The number of halogens is 2. The van der Waals surface area contributed by atoms with Gasteiger partial charge in [0.2, 0.25) is 11.6 Å². The average molecular weight is 780 g/mol. The molecule has 294 valence electrons. The Kier molecular flexibility index (Phi) is 9.58. The fraction of sp³-hybridized carbons (Fsp3) is 0.829. The molecule has 2 spiro atoms. The number of rotatable bonds is 7. The van der Waals surface area contributed by atoms with Gasteiger partial charge in [-0.15, -0.1) is 0 Å². The van der Waals surface area contributed by atoms with Gasteiger partial charge >= 0.3 is 5.97 Å². The summed E-state index contributed by atoms with van der Waals surface area (Å²) in [6.45, 7) is 13.3. The first-order valence-electron chi connectivity index (χ1n) is 20.3. The molecule has 8 saturated heterocycles. The third-order valence-electron chi connectivity index (χ3n) is 15.3. The van der Waals surface area contributed by atoms with Gasteiger partial charge in [-0.25, -0.2) is 24.3 Å². The summed E-state index contributed by atoms with van der Waals surface area (Å²) in [6, 6.07) is 4.78. The van der Waals surface area contributed by atoms with Gasteiger partial charge in [0.1, 0.15) is 0 Å². The molecule has 0 N–H and O–H groups in total. The zero-order valence-corrected chi connectivity index (χ0v) is 33.4. The highest BCUT2D eigenvalue weighted by molar-refractivity contribution is 6.35. The van der Waals surface area contributed by atoms with E-state index in [1.165, 1.54) is 0 Å². The summed E-state index contributed by atoms with van der Waals surface area (Å²) in [4.78, 5) is 38.5. The van der Waals surface area contributed by atoms with Crippen molar-refractivity contribution >= 4 is 29.2 Å². The van der Waals surface area contributed by atoms with E-state index in [1.807, 2.05) is 13.8 Å². The molecule has 10 aliphatic rings. The number of esters is 1. The molecule has 1 aromatic rings. The number of hydrogen-bond donors (Lipinski definition) is 0. The Hall–Kier alpha value is -1.05. The highest BCUT2D eigenvalue weighted by atomic mass is 35.5. The van der Waals surface area contributed by atoms with E-state index >= 15 is 0 Å². The maximum Gasteiger partial charge on any atom is 0.338 e. The van der Waals surface area contributed by atoms with Crippen LogP contribution in [0.3, 0.4) is 0 Å². The van der Waals surface area contributed by atoms with Crippen LogP contribution in [-0.2, 0) is 43.2 Å². The standard InChI is InChI=1S/C41H56Cl2O10/c1-21-7-9-31-23(3)33(46-36-40(31)29(21)11-13-38(5,48-36)50-52-40)15-25(20-45-35(44)26-17-27(42)19-28(43)18-26)16-34-24(4)32-10-8-22(2)30-12-14-39(6)49-37(47-34)41(30,32)53-51-39/h17-19,21-25,29-34,36-37H,7-16,20H2,1-6H3/t21-,22-,23-,24-,29+,30+,31+,32+,33-,34-,36-,37-,38-,39-,40-,41-/m1/s1. The normalized spacial score (nSPS) is 50.3. The first kappa shape index (κ1) is 37.5. The average Bonchev–Trinajstić information content (AvgIpc) is 3.49. The van der Waals surface area contributed by atoms with Crippen LogP contribution in [0.15, 0.2) is 18.2 Å². The second-order valence-corrected chi connectivity index (χ2v) is 19.4. The molecule has 0 unspecified atom stereocenters. The Bertz CT molecular complexity index is 1480. The summed E-state index contributed by atoms with van der Waals surface area (Å²) in [5.74, 6) is -0.0311. The Balaban J connectivity index is 1.00. The molecule has 1 aromatic carbocycles. The van der Waals surface area contributed by atoms with Crippen molar-refractivity contribution in [1.82, 2.24) is 0 Å². The molecular weight excluding hydrogens is 723 g/mol. The maximum absolute atomic E-state index is 13.5. The lowest BCUT2D eigenvalue weighted by atomic mass is 9.56. The van der Waals surface area contributed by atoms with Crippen molar-refractivity contribution in [2.75, 3.05) is 6.61 Å². The van der Waals surface area contributed by atoms with Crippen LogP contribution >= 0.6 is 23.2 Å². The minimum absolute atomic E-state index is 0.0975. The highest BCUT2D eigenvalue weighted by Gasteiger charge is 2.71. The van der Waals surface area contributed by atoms with Gasteiger partial charge in [-0.05, 0) is 125 Å². The second kappa shape index (κ2) is 13.5. The lowest BCUT2D eigenvalue weighted by Gasteiger charge is -2.61. The van der Waals surface area contributed by atoms with Crippen LogP contribution in [0, 0.1) is 53.3 Å². The zero-order chi connectivity index (χ0) is 37.1. The van der Waals surface area contributed by atoms with Crippen molar-refractivity contribution in [3.63, 3.8) is 0 Å². The third kappa shape index (κ3) is 6.06. The van der Waals surface area contributed by atoms with E-state index in [0.29, 0.717) is 40.3 Å². The predicted octanol–water partition coefficient (Wildman–Crippen LogP) is 9.05. The molecule has 0 radical (unpaired) electrons. The molecule has 8 aliphatic heterocycles. The molecule has 16 atom stereocenters. The van der Waals surface area contributed by atoms with E-state index in [9.17, 15) is 4.79 Å². The van der Waals surface area contributed by atoms with Gasteiger partial charge in [0.05, 0.1) is 24.4 Å². The van der Waals surface area contributed by atoms with E-state index in [0.717, 1.165) is 51.4 Å². The van der Waals surface area contributed by atoms with Crippen LogP contribution in [0.1, 0.15) is 116 Å². The van der Waals surface area contributed by atoms with Crippen molar-refractivity contribution in [1.29, 1.82) is 0 Å². The summed E-state index contributed by atoms with van der Waals surface area (Å²) in [6.07, 6.45) is 7.67. The summed E-state index contributed by atoms with van der Waals surface area (Å²) < 4.78 is 33.6. The number of fused-ring (bicyclic) bond motifs is 4. The third-order valence-corrected chi connectivity index (χ3v) is 15.7. The number of ether oxygens (including phenoxy) is 5. The van der Waals surface area contributed by atoms with Crippen LogP contribution in [0.2, 0.25) is 10.0 Å². The molecule has 2 aliphatic carbocycles. The van der Waals surface area contributed by atoms with E-state index in [2.05, 4.69) is 27.7 Å². The second-order valence-electron chi connectivity index (χ2n) is 18.5. The molecule has 12 heteroatoms. The van der Waals surface area contributed by atoms with E-state index in [4.69, 9.17) is 66.4 Å². The molecule has 53 heavy (non-hydrogen) atoms. The van der Waals surface area contributed by atoms with Crippen LogP contribution in [0.5, 0.6) is 0 Å². The number of carbonyl (C=O) groups excluding carboxylic acids is 1. The Labute approximate surface area is 323 Å². The summed E-state index contributed by atoms with van der Waals surface area (Å²) in [7, 11) is 0. The summed E-state index contributed by atoms with van der Waals surface area (Å²) in [5.41, 5.74) is -0.966. The quantitative estimate of drug-likeness (QED) is 0.197. The predicted molar refractivity (Wildman–Crippen MR) is 193 cm³/mol. The van der Waals surface area contributed by atoms with Gasteiger partial charge in [-0.3, -0.25) is 0 Å². The Morgan fingerprint density at radius 1 is 0.698 bits per heavy atom. The molecule has 8 heterocycles. The van der Waals surface area contributed by atoms with Crippen molar-refractivity contribution < 1.29 is 48.0 Å². The zero-order valence-electron chi connectivity index (χ0n) is 31.9. The largest absolute Gasteiger partial charge is 0.462 e. The lowest BCUT2D eigenvalue weighted by molar-refractivity contribution is -0.571. The van der Waals surface area contributed by atoms with Crippen molar-refractivity contribution in [3.05, 3.63) is 33.8 Å². The van der Waals surface area contributed by atoms with Crippen molar-refractivity contribution in [2.45, 2.75) is 153 Å². The molecule has 2 saturated carbocycles. The van der Waals surface area contributed by atoms with Gasteiger partial charge in [-0.2, -0.15) is 0 Å². The minimum atomic E-state index is -0.854. The first-order valence-corrected chi connectivity index (χ1v) is 21.0. The first-order chi connectivity index (χ1) is 25.2. The topological polar surface area (TPSA) is 100 Å². The fourth-order valence-corrected chi connectivity index (χ4v) is 12.9. The number of hydrogen-bond acceptors (Lipinski definition) is 10. The fourth-order valence-electron chi connectivity index (χ4n) is 12.3. The highest BCUT2D eigenvalue weighted by Crippen LogP contribution is 2.63. The van der Waals surface area contributed by atoms with E-state index in [1.54, 1.807) is 18.2 Å². The van der Waals surface area contributed by atoms with Gasteiger partial charge < -0.3 is 23.7 Å². The molecule has 4 bridgehead atoms. The number of carbonyl (C=O) groups is 1. The molecule has 0 aromatic heterocycles. The molecule has 11 rings (SSSR count). The maximum atomic E-state index is 13.5. The summed E-state index contributed by atoms with van der Waals surface area (Å²) >= 11 is 12.5. The van der Waals surface area contributed by atoms with Crippen LogP contribution < -0.4 is 0 Å². The van der Waals surface area contributed by atoms with Crippen LogP contribution in [-0.4, -0.2) is 60.1 Å². The van der Waals surface area contributed by atoms with Crippen molar-refractivity contribution in [2.24, 2.45) is 53.3 Å². The van der Waals surface area contributed by atoms with E-state index in [-0.39, 0.29) is 60.2 Å². The van der Waals surface area contributed by atoms with E-state index < -0.39 is 41.3 Å². The Morgan fingerprint density at radius 3 is 1.64 bits per heavy atom. The molecule has 10 fully saturated rings. The molecule has 0 amide bonds. The van der Waals surface area contributed by atoms with Crippen LogP contribution in [0.25, 0.3) is 0 Å². The van der Waals surface area contributed by atoms with Crippen molar-refractivity contribution in [3.8, 4) is 0 Å². The molecular formula is C41H56Cl2O10. The number of benzene rings is 1. The lowest BCUT2D eigenvalue weighted by Crippen LogP contribution is -2.70. The summed E-state index contributed by atoms with van der Waals surface area (Å²) in [5, 5.41) is 0.765. The van der Waals surface area contributed by atoms with Gasteiger partial charge in [0.25, 0.3) is 0 Å². The van der Waals surface area contributed by atoms with Crippen LogP contribution in [0.4, 0.5) is 0 Å². The van der Waals surface area contributed by atoms with Gasteiger partial charge in [0.15, 0.2) is 23.8 Å². The smallest absolute Gasteiger partial charge is 0.338 e. The van der Waals surface area contributed by atoms with Gasteiger partial charge in [0, 0.05) is 34.7 Å². The Morgan fingerprint density at radius 2 is 1.17 bits per heavy atom. The SMILES string of the molecule is C[C@H]1[C@@H](CC(COC(=O)c2cc(Cl)cc(Cl)c2)C[C@H]2O[C@@H]3O[C@@]4(C)CC[C@H]5[C@H](C)CC[C@@H]([C@H]2C)[C@@]35OO4)O[C@@H]2O[C@@]3(C)CC[C@H]4[C@H](C)CC[C@@H]1[C@@]24OO3. The monoisotopic (exact) mass is 778 g/mol.